The average molecular weight is 336 g/mol. The Labute approximate surface area is 141 Å². The summed E-state index contributed by atoms with van der Waals surface area (Å²) in [6, 6.07) is 16.3. The number of benzene rings is 2. The first-order chi connectivity index (χ1) is 11.7. The average Bonchev–Trinajstić information content (AvgIpc) is 3.02. The van der Waals surface area contributed by atoms with E-state index in [-0.39, 0.29) is 17.8 Å². The van der Waals surface area contributed by atoms with Gasteiger partial charge in [-0.2, -0.15) is 0 Å². The number of aromatic nitrogens is 2. The molecule has 0 amide bonds. The summed E-state index contributed by atoms with van der Waals surface area (Å²) in [5.41, 5.74) is 2.19. The largest absolute Gasteiger partial charge is 0.310 e. The summed E-state index contributed by atoms with van der Waals surface area (Å²) in [6.45, 7) is 0. The first-order valence-electron chi connectivity index (χ1n) is 7.51. The van der Waals surface area contributed by atoms with Gasteiger partial charge in [0.15, 0.2) is 0 Å². The Morgan fingerprint density at radius 3 is 2.58 bits per heavy atom. The highest BCUT2D eigenvalue weighted by Gasteiger charge is 2.13. The second kappa shape index (κ2) is 6.02. The Morgan fingerprint density at radius 2 is 1.79 bits per heavy atom. The Morgan fingerprint density at radius 1 is 1.04 bits per heavy atom. The van der Waals surface area contributed by atoms with Crippen molar-refractivity contribution in [2.24, 2.45) is 0 Å². The van der Waals surface area contributed by atoms with E-state index in [0.717, 1.165) is 11.1 Å². The van der Waals surface area contributed by atoms with E-state index in [1.165, 1.54) is 17.4 Å². The lowest BCUT2D eigenvalue weighted by atomic mass is 10.1. The predicted octanol–water partition coefficient (Wildman–Crippen LogP) is 4.38. The van der Waals surface area contributed by atoms with Crippen LogP contribution in [-0.2, 0) is 6.42 Å². The van der Waals surface area contributed by atoms with E-state index in [4.69, 9.17) is 0 Å². The number of aromatic amines is 1. The molecule has 0 radical (unpaired) electrons. The van der Waals surface area contributed by atoms with Crippen LogP contribution in [0.15, 0.2) is 64.8 Å². The number of hydrogen-bond acceptors (Lipinski definition) is 3. The molecule has 5 heteroatoms. The van der Waals surface area contributed by atoms with Gasteiger partial charge in [-0.05, 0) is 17.2 Å². The van der Waals surface area contributed by atoms with Crippen LogP contribution in [0.5, 0.6) is 0 Å². The summed E-state index contributed by atoms with van der Waals surface area (Å²) >= 11 is 1.43. The topological polar surface area (TPSA) is 45.8 Å². The molecule has 2 heterocycles. The minimum Gasteiger partial charge on any atom is -0.310 e. The normalized spacial score (nSPS) is 11.0. The smallest absolute Gasteiger partial charge is 0.260 e. The molecule has 0 saturated heterocycles. The van der Waals surface area contributed by atoms with Crippen LogP contribution in [0.4, 0.5) is 4.39 Å². The van der Waals surface area contributed by atoms with Crippen LogP contribution in [0.3, 0.4) is 0 Å². The number of halogens is 1. The maximum atomic E-state index is 13.8. The van der Waals surface area contributed by atoms with E-state index in [0.29, 0.717) is 21.6 Å². The first-order valence-corrected chi connectivity index (χ1v) is 8.39. The van der Waals surface area contributed by atoms with Crippen molar-refractivity contribution in [3.05, 3.63) is 87.5 Å². The molecule has 3 nitrogen and oxygen atoms in total. The Bertz CT molecular complexity index is 1070. The van der Waals surface area contributed by atoms with Gasteiger partial charge in [0.25, 0.3) is 5.56 Å². The monoisotopic (exact) mass is 336 g/mol. The van der Waals surface area contributed by atoms with Gasteiger partial charge in [0, 0.05) is 17.4 Å². The van der Waals surface area contributed by atoms with E-state index in [1.54, 1.807) is 18.2 Å². The van der Waals surface area contributed by atoms with Crippen molar-refractivity contribution in [1.29, 1.82) is 0 Å². The number of nitrogens with zero attached hydrogens (tertiary/aromatic N) is 1. The number of hydrogen-bond donors (Lipinski definition) is 1. The Balaban J connectivity index is 1.80. The van der Waals surface area contributed by atoms with Crippen LogP contribution < -0.4 is 5.56 Å². The molecule has 118 valence electrons. The van der Waals surface area contributed by atoms with Gasteiger partial charge in [-0.3, -0.25) is 4.79 Å². The van der Waals surface area contributed by atoms with Crippen LogP contribution in [-0.4, -0.2) is 9.97 Å². The van der Waals surface area contributed by atoms with Gasteiger partial charge < -0.3 is 4.98 Å². The van der Waals surface area contributed by atoms with Gasteiger partial charge in [0.05, 0.1) is 5.39 Å². The van der Waals surface area contributed by atoms with E-state index in [2.05, 4.69) is 9.97 Å². The van der Waals surface area contributed by atoms with Gasteiger partial charge in [-0.15, -0.1) is 11.3 Å². The van der Waals surface area contributed by atoms with Crippen molar-refractivity contribution in [2.45, 2.75) is 6.42 Å². The molecule has 1 N–H and O–H groups in total. The highest BCUT2D eigenvalue weighted by atomic mass is 32.1. The number of H-pyrrole nitrogens is 1. The third-order valence-corrected chi connectivity index (χ3v) is 4.77. The maximum absolute atomic E-state index is 13.8. The summed E-state index contributed by atoms with van der Waals surface area (Å²) in [6.07, 6.45) is 0.260. The molecule has 0 saturated carbocycles. The summed E-state index contributed by atoms with van der Waals surface area (Å²) in [4.78, 5) is 20.5. The van der Waals surface area contributed by atoms with Crippen molar-refractivity contribution in [2.75, 3.05) is 0 Å². The SMILES string of the molecule is O=c1[nH]c(Cc2ccccc2F)nc2scc(-c3ccccc3)c12. The minimum atomic E-state index is -0.295. The molecule has 2 aromatic heterocycles. The molecule has 24 heavy (non-hydrogen) atoms. The van der Waals surface area contributed by atoms with Gasteiger partial charge >= 0.3 is 0 Å². The lowest BCUT2D eigenvalue weighted by Gasteiger charge is -2.04. The van der Waals surface area contributed by atoms with Gasteiger partial charge in [0.2, 0.25) is 0 Å². The third-order valence-electron chi connectivity index (χ3n) is 3.89. The van der Waals surface area contributed by atoms with Crippen LogP contribution in [0.25, 0.3) is 21.3 Å². The highest BCUT2D eigenvalue weighted by Crippen LogP contribution is 2.30. The summed E-state index contributed by atoms with van der Waals surface area (Å²) in [5, 5.41) is 2.53. The molecule has 0 aliphatic heterocycles. The molecule has 2 aromatic carbocycles. The maximum Gasteiger partial charge on any atom is 0.260 e. The zero-order valence-electron chi connectivity index (χ0n) is 12.6. The van der Waals surface area contributed by atoms with E-state index in [1.807, 2.05) is 35.7 Å². The van der Waals surface area contributed by atoms with Crippen molar-refractivity contribution < 1.29 is 4.39 Å². The number of thiophene rings is 1. The van der Waals surface area contributed by atoms with Crippen molar-refractivity contribution in [3.8, 4) is 11.1 Å². The van der Waals surface area contributed by atoms with Gasteiger partial charge in [-0.1, -0.05) is 48.5 Å². The van der Waals surface area contributed by atoms with Crippen LogP contribution in [0, 0.1) is 5.82 Å². The Kier molecular flexibility index (Phi) is 3.70. The standard InChI is InChI=1S/C19H13FN2OS/c20-15-9-5-4-8-13(15)10-16-21-18(23)17-14(11-24-19(17)22-16)12-6-2-1-3-7-12/h1-9,11H,10H2,(H,21,22,23). The lowest BCUT2D eigenvalue weighted by molar-refractivity contribution is 0.612. The molecule has 0 bridgehead atoms. The molecule has 0 fully saturated rings. The fourth-order valence-corrected chi connectivity index (χ4v) is 3.70. The molecular weight excluding hydrogens is 323 g/mol. The zero-order chi connectivity index (χ0) is 16.5. The van der Waals surface area contributed by atoms with Crippen LogP contribution in [0.2, 0.25) is 0 Å². The highest BCUT2D eigenvalue weighted by molar-refractivity contribution is 7.17. The first kappa shape index (κ1) is 14.8. The fraction of sp³-hybridized carbons (Fsp3) is 0.0526. The van der Waals surface area contributed by atoms with Crippen molar-refractivity contribution in [3.63, 3.8) is 0 Å². The quantitative estimate of drug-likeness (QED) is 0.603. The molecule has 4 rings (SSSR count). The second-order valence-electron chi connectivity index (χ2n) is 5.48. The molecule has 0 spiro atoms. The lowest BCUT2D eigenvalue weighted by Crippen LogP contribution is -2.12. The van der Waals surface area contributed by atoms with Crippen molar-refractivity contribution >= 4 is 21.6 Å². The molecule has 0 unspecified atom stereocenters. The molecule has 0 aliphatic rings. The molecular formula is C19H13FN2OS. The summed E-state index contributed by atoms with van der Waals surface area (Å²) in [5.74, 6) is 0.176. The van der Waals surface area contributed by atoms with Gasteiger partial charge in [-0.25, -0.2) is 9.37 Å². The van der Waals surface area contributed by atoms with Crippen LogP contribution in [0.1, 0.15) is 11.4 Å². The zero-order valence-corrected chi connectivity index (χ0v) is 13.4. The molecule has 4 aromatic rings. The van der Waals surface area contributed by atoms with E-state index < -0.39 is 0 Å². The summed E-state index contributed by atoms with van der Waals surface area (Å²) in [7, 11) is 0. The van der Waals surface area contributed by atoms with E-state index >= 15 is 0 Å². The predicted molar refractivity (Wildman–Crippen MR) is 94.9 cm³/mol. The number of rotatable bonds is 3. The molecule has 0 aliphatic carbocycles. The Hall–Kier alpha value is -2.79. The van der Waals surface area contributed by atoms with Crippen LogP contribution >= 0.6 is 11.3 Å². The minimum absolute atomic E-state index is 0.188. The second-order valence-corrected chi connectivity index (χ2v) is 6.33. The number of fused-ring (bicyclic) bond motifs is 1. The van der Waals surface area contributed by atoms with Gasteiger partial charge in [0.1, 0.15) is 16.5 Å². The van der Waals surface area contributed by atoms with E-state index in [9.17, 15) is 9.18 Å². The fourth-order valence-electron chi connectivity index (χ4n) is 2.73. The third kappa shape index (κ3) is 2.63. The number of nitrogens with one attached hydrogen (secondary N) is 1. The summed E-state index contributed by atoms with van der Waals surface area (Å²) < 4.78 is 13.8. The molecule has 0 atom stereocenters. The van der Waals surface area contributed by atoms with Crippen molar-refractivity contribution in [1.82, 2.24) is 9.97 Å².